The fourth-order valence-corrected chi connectivity index (χ4v) is 4.21. The van der Waals surface area contributed by atoms with E-state index in [1.165, 1.54) is 0 Å². The second kappa shape index (κ2) is 33.8. The molecular formula is C36H63O15Y. The minimum absolute atomic E-state index is 0. The standard InChI is InChI=1S/3C12H22O5.Y/c3*1-4-7-16-12(6-3,17-8-5-2)10(13)9-11(14)15;/h3*4-9H2,1-3H3,(H,14,15);/q;;;+3/p-3. The molecule has 0 aromatic rings. The van der Waals surface area contributed by atoms with Crippen molar-refractivity contribution in [2.75, 3.05) is 39.6 Å². The molecule has 0 saturated heterocycles. The van der Waals surface area contributed by atoms with Gasteiger partial charge in [-0.1, -0.05) is 62.3 Å². The Morgan fingerprint density at radius 1 is 0.365 bits per heavy atom. The Balaban J connectivity index is -0.000000329. The zero-order valence-corrected chi connectivity index (χ0v) is 35.8. The zero-order chi connectivity index (χ0) is 39.9. The van der Waals surface area contributed by atoms with Gasteiger partial charge in [0.2, 0.25) is 17.4 Å². The summed E-state index contributed by atoms with van der Waals surface area (Å²) in [6.45, 7) is 18.8. The molecule has 0 aliphatic heterocycles. The van der Waals surface area contributed by atoms with E-state index in [-0.39, 0.29) is 32.7 Å². The van der Waals surface area contributed by atoms with Crippen LogP contribution in [0.15, 0.2) is 0 Å². The molecule has 0 heterocycles. The summed E-state index contributed by atoms with van der Waals surface area (Å²) in [5.74, 6) is -10.2. The predicted octanol–water partition coefficient (Wildman–Crippen LogP) is 1.96. The molecule has 0 rings (SSSR count). The van der Waals surface area contributed by atoms with Crippen molar-refractivity contribution in [1.82, 2.24) is 0 Å². The number of hydrogen-bond acceptors (Lipinski definition) is 15. The summed E-state index contributed by atoms with van der Waals surface area (Å²) in [5.41, 5.74) is 0. The van der Waals surface area contributed by atoms with Gasteiger partial charge in [-0.2, -0.15) is 0 Å². The van der Waals surface area contributed by atoms with E-state index >= 15 is 0 Å². The van der Waals surface area contributed by atoms with Crippen LogP contribution in [0.25, 0.3) is 0 Å². The van der Waals surface area contributed by atoms with Gasteiger partial charge < -0.3 is 58.1 Å². The third-order valence-electron chi connectivity index (χ3n) is 6.82. The van der Waals surface area contributed by atoms with E-state index in [1.807, 2.05) is 41.5 Å². The maximum Gasteiger partial charge on any atom is 3.00 e. The normalized spacial score (nSPS) is 11.2. The number of carboxylic acid groups (broad SMARTS) is 3. The van der Waals surface area contributed by atoms with Crippen LogP contribution in [-0.2, 0) is 89.9 Å². The summed E-state index contributed by atoms with van der Waals surface area (Å²) in [4.78, 5) is 67.0. The van der Waals surface area contributed by atoms with Crippen molar-refractivity contribution in [3.8, 4) is 0 Å². The third kappa shape index (κ3) is 23.8. The number of rotatable bonds is 30. The average molecular weight is 825 g/mol. The van der Waals surface area contributed by atoms with Crippen molar-refractivity contribution in [2.45, 2.75) is 157 Å². The van der Waals surface area contributed by atoms with E-state index < -0.39 is 71.9 Å². The number of hydrogen-bond donors (Lipinski definition) is 0. The zero-order valence-electron chi connectivity index (χ0n) is 32.9. The van der Waals surface area contributed by atoms with Crippen molar-refractivity contribution in [1.29, 1.82) is 0 Å². The van der Waals surface area contributed by atoms with Gasteiger partial charge in [0.25, 0.3) is 0 Å². The van der Waals surface area contributed by atoms with Crippen LogP contribution in [-0.4, -0.2) is 92.3 Å². The topological polar surface area (TPSA) is 227 Å². The molecule has 52 heavy (non-hydrogen) atoms. The predicted molar refractivity (Wildman–Crippen MR) is 180 cm³/mol. The molecule has 0 amide bonds. The average Bonchev–Trinajstić information content (AvgIpc) is 3.09. The molecule has 0 bridgehead atoms. The maximum atomic E-state index is 11.8. The van der Waals surface area contributed by atoms with Crippen molar-refractivity contribution >= 4 is 35.3 Å². The number of carbonyl (C=O) groups excluding carboxylic acids is 6. The van der Waals surface area contributed by atoms with E-state index in [0.717, 1.165) is 38.5 Å². The first-order valence-electron chi connectivity index (χ1n) is 18.1. The molecule has 0 atom stereocenters. The third-order valence-corrected chi connectivity index (χ3v) is 6.82. The molecular weight excluding hydrogens is 761 g/mol. The molecule has 0 aromatic carbocycles. The Labute approximate surface area is 335 Å². The molecule has 0 aliphatic carbocycles. The molecule has 0 aromatic heterocycles. The first-order valence-corrected chi connectivity index (χ1v) is 18.1. The Morgan fingerprint density at radius 2 is 0.519 bits per heavy atom. The van der Waals surface area contributed by atoms with Crippen LogP contribution in [0.5, 0.6) is 0 Å². The minimum atomic E-state index is -1.42. The van der Waals surface area contributed by atoms with Crippen LogP contribution >= 0.6 is 0 Å². The second-order valence-electron chi connectivity index (χ2n) is 11.3. The monoisotopic (exact) mass is 824 g/mol. The molecule has 0 N–H and O–H groups in total. The summed E-state index contributed by atoms with van der Waals surface area (Å²) in [7, 11) is 0. The summed E-state index contributed by atoms with van der Waals surface area (Å²) >= 11 is 0. The molecule has 0 saturated carbocycles. The van der Waals surface area contributed by atoms with Crippen LogP contribution in [0, 0.1) is 0 Å². The van der Waals surface area contributed by atoms with Crippen molar-refractivity contribution < 1.29 is 105 Å². The molecule has 0 unspecified atom stereocenters. The Hall–Kier alpha value is -1.72. The summed E-state index contributed by atoms with van der Waals surface area (Å²) < 4.78 is 32.6. The number of Topliss-reactive ketones (excluding diaryl/α,β-unsaturated/α-hetero) is 3. The number of carboxylic acids is 3. The molecule has 15 nitrogen and oxygen atoms in total. The molecule has 0 aliphatic rings. The van der Waals surface area contributed by atoms with Gasteiger partial charge in [-0.3, -0.25) is 14.4 Å². The minimum Gasteiger partial charge on any atom is -0.550 e. The summed E-state index contributed by atoms with van der Waals surface area (Å²) in [6, 6.07) is 0. The molecule has 0 spiro atoms. The van der Waals surface area contributed by atoms with Crippen molar-refractivity contribution in [3.05, 3.63) is 0 Å². The van der Waals surface area contributed by atoms with Crippen LogP contribution in [0.3, 0.4) is 0 Å². The summed E-state index contributed by atoms with van der Waals surface area (Å²) in [6.07, 6.45) is 3.23. The van der Waals surface area contributed by atoms with E-state index in [4.69, 9.17) is 28.4 Å². The Kier molecular flexibility index (Phi) is 37.1. The Morgan fingerprint density at radius 3 is 0.615 bits per heavy atom. The van der Waals surface area contributed by atoms with Crippen LogP contribution in [0.1, 0.15) is 139 Å². The van der Waals surface area contributed by atoms with Crippen LogP contribution < -0.4 is 15.3 Å². The van der Waals surface area contributed by atoms with Crippen molar-refractivity contribution in [3.63, 3.8) is 0 Å². The SMILES string of the molecule is CCCOC(CC)(OCCC)C(=O)CC(=O)[O-].CCCOC(CC)(OCCC)C(=O)CC(=O)[O-].CCCOC(CC)(OCCC)C(=O)CC(=O)[O-].[Y+3]. The van der Waals surface area contributed by atoms with E-state index in [9.17, 15) is 44.1 Å². The molecule has 300 valence electrons. The molecule has 0 radical (unpaired) electrons. The van der Waals surface area contributed by atoms with Gasteiger partial charge in [-0.15, -0.1) is 0 Å². The number of ether oxygens (including phenoxy) is 6. The Bertz CT molecular complexity index is 855. The van der Waals surface area contributed by atoms with Gasteiger partial charge >= 0.3 is 32.7 Å². The fraction of sp³-hybridized carbons (Fsp3) is 0.833. The molecule has 0 fully saturated rings. The largest absolute Gasteiger partial charge is 3.00 e. The van der Waals surface area contributed by atoms with E-state index in [0.29, 0.717) is 58.9 Å². The van der Waals surface area contributed by atoms with Crippen LogP contribution in [0.4, 0.5) is 0 Å². The van der Waals surface area contributed by atoms with Gasteiger partial charge in [-0.25, -0.2) is 0 Å². The number of aliphatic carboxylic acids is 3. The van der Waals surface area contributed by atoms with Gasteiger partial charge in [0.05, 0.1) is 58.9 Å². The first kappa shape index (κ1) is 57.0. The van der Waals surface area contributed by atoms with Crippen molar-refractivity contribution in [2.24, 2.45) is 0 Å². The second-order valence-corrected chi connectivity index (χ2v) is 11.3. The van der Waals surface area contributed by atoms with Crippen LogP contribution in [0.2, 0.25) is 0 Å². The van der Waals surface area contributed by atoms with Gasteiger partial charge in [0.15, 0.2) is 17.3 Å². The van der Waals surface area contributed by atoms with Gasteiger partial charge in [0, 0.05) is 37.2 Å². The fourth-order valence-electron chi connectivity index (χ4n) is 4.21. The smallest absolute Gasteiger partial charge is 0.550 e. The quantitative estimate of drug-likeness (QED) is 0.0745. The number of ketones is 3. The summed E-state index contributed by atoms with van der Waals surface area (Å²) in [5, 5.41) is 31.4. The van der Waals surface area contributed by atoms with Gasteiger partial charge in [-0.05, 0) is 38.5 Å². The molecule has 16 heteroatoms. The maximum absolute atomic E-state index is 11.8. The number of carbonyl (C=O) groups is 6. The van der Waals surface area contributed by atoms with E-state index in [2.05, 4.69) is 0 Å². The van der Waals surface area contributed by atoms with E-state index in [1.54, 1.807) is 20.8 Å². The van der Waals surface area contributed by atoms with Gasteiger partial charge in [0.1, 0.15) is 0 Å². The first-order chi connectivity index (χ1) is 24.1.